The lowest BCUT2D eigenvalue weighted by Crippen LogP contribution is -2.31. The zero-order valence-electron chi connectivity index (χ0n) is 14.4. The molecule has 2 aromatic carbocycles. The molecule has 0 aliphatic carbocycles. The molecule has 2 unspecified atom stereocenters. The van der Waals surface area contributed by atoms with Crippen molar-refractivity contribution in [2.75, 3.05) is 0 Å². The molecule has 25 heavy (non-hydrogen) atoms. The molecule has 2 atom stereocenters. The number of nitrogens with two attached hydrogens (primary N) is 1. The predicted octanol–water partition coefficient (Wildman–Crippen LogP) is 3.74. The number of rotatable bonds is 7. The van der Waals surface area contributed by atoms with Crippen molar-refractivity contribution >= 4 is 18.3 Å². The van der Waals surface area contributed by atoms with Crippen molar-refractivity contribution in [2.45, 2.75) is 39.0 Å². The molecule has 4 nitrogen and oxygen atoms in total. The van der Waals surface area contributed by atoms with Crippen molar-refractivity contribution in [2.24, 2.45) is 5.73 Å². The first-order valence-corrected chi connectivity index (χ1v) is 7.96. The van der Waals surface area contributed by atoms with Crippen molar-refractivity contribution in [3.63, 3.8) is 0 Å². The van der Waals surface area contributed by atoms with Crippen LogP contribution < -0.4 is 15.8 Å². The van der Waals surface area contributed by atoms with Crippen LogP contribution in [0.25, 0.3) is 0 Å². The van der Waals surface area contributed by atoms with Gasteiger partial charge in [-0.2, -0.15) is 0 Å². The van der Waals surface area contributed by atoms with Crippen LogP contribution in [0.3, 0.4) is 0 Å². The average molecular weight is 367 g/mol. The van der Waals surface area contributed by atoms with E-state index >= 15 is 0 Å². The molecule has 6 heteroatoms. The summed E-state index contributed by atoms with van der Waals surface area (Å²) in [6.45, 7) is 4.10. The van der Waals surface area contributed by atoms with Gasteiger partial charge < -0.3 is 15.8 Å². The maximum Gasteiger partial charge on any atom is 0.222 e. The van der Waals surface area contributed by atoms with Crippen LogP contribution >= 0.6 is 12.4 Å². The second kappa shape index (κ2) is 10.0. The highest BCUT2D eigenvalue weighted by Crippen LogP contribution is 2.19. The lowest BCUT2D eigenvalue weighted by Gasteiger charge is -2.16. The first-order chi connectivity index (χ1) is 11.4. The Kier molecular flexibility index (Phi) is 8.38. The maximum atomic E-state index is 12.9. The third-order valence-corrected chi connectivity index (χ3v) is 3.58. The number of hydrogen-bond donors (Lipinski definition) is 2. The zero-order chi connectivity index (χ0) is 17.5. The fourth-order valence-corrected chi connectivity index (χ4v) is 2.28. The van der Waals surface area contributed by atoms with Gasteiger partial charge in [-0.25, -0.2) is 4.39 Å². The van der Waals surface area contributed by atoms with Crippen LogP contribution in [0.5, 0.6) is 5.75 Å². The van der Waals surface area contributed by atoms with E-state index in [9.17, 15) is 9.18 Å². The van der Waals surface area contributed by atoms with Crippen molar-refractivity contribution in [1.29, 1.82) is 0 Å². The largest absolute Gasteiger partial charge is 0.489 e. The Labute approximate surface area is 154 Å². The summed E-state index contributed by atoms with van der Waals surface area (Å²) >= 11 is 0. The minimum absolute atomic E-state index is 0. The standard InChI is InChI=1S/C19H23FN2O2.ClH/c1-13(21)11-19(23)22-14(2)16-5-9-18(10-6-16)24-12-15-3-7-17(20)8-4-15;/h3-10,13-14H,11-12,21H2,1-2H3,(H,22,23);1H. The Morgan fingerprint density at radius 2 is 1.72 bits per heavy atom. The number of carbonyl (C=O) groups excluding carboxylic acids is 1. The van der Waals surface area contributed by atoms with Gasteiger partial charge in [-0.15, -0.1) is 12.4 Å². The number of carbonyl (C=O) groups is 1. The number of benzene rings is 2. The van der Waals surface area contributed by atoms with Gasteiger partial charge in [0.05, 0.1) is 6.04 Å². The smallest absolute Gasteiger partial charge is 0.222 e. The van der Waals surface area contributed by atoms with Crippen LogP contribution in [0.1, 0.15) is 37.4 Å². The molecular formula is C19H24ClFN2O2. The molecule has 2 aromatic rings. The summed E-state index contributed by atoms with van der Waals surface area (Å²) in [5.41, 5.74) is 7.51. The third-order valence-electron chi connectivity index (χ3n) is 3.58. The summed E-state index contributed by atoms with van der Waals surface area (Å²) in [6, 6.07) is 13.5. The number of nitrogens with one attached hydrogen (secondary N) is 1. The number of halogens is 2. The minimum atomic E-state index is -0.261. The van der Waals surface area contributed by atoms with E-state index in [1.165, 1.54) is 12.1 Å². The third kappa shape index (κ3) is 7.11. The molecule has 0 aliphatic heterocycles. The van der Waals surface area contributed by atoms with Gasteiger partial charge in [-0.05, 0) is 49.2 Å². The van der Waals surface area contributed by atoms with Crippen LogP contribution in [0.15, 0.2) is 48.5 Å². The molecule has 0 aliphatic rings. The van der Waals surface area contributed by atoms with Gasteiger partial charge in [0.15, 0.2) is 0 Å². The Morgan fingerprint density at radius 1 is 1.12 bits per heavy atom. The van der Waals surface area contributed by atoms with Crippen molar-refractivity contribution < 1.29 is 13.9 Å². The number of amides is 1. The van der Waals surface area contributed by atoms with Gasteiger partial charge in [0, 0.05) is 12.5 Å². The Bertz CT molecular complexity index is 660. The lowest BCUT2D eigenvalue weighted by molar-refractivity contribution is -0.122. The molecule has 0 bridgehead atoms. The van der Waals surface area contributed by atoms with Crippen LogP contribution in [0, 0.1) is 5.82 Å². The van der Waals surface area contributed by atoms with E-state index in [1.54, 1.807) is 19.1 Å². The monoisotopic (exact) mass is 366 g/mol. The SMILES string of the molecule is CC(N)CC(=O)NC(C)c1ccc(OCc2ccc(F)cc2)cc1.Cl. The van der Waals surface area contributed by atoms with E-state index < -0.39 is 0 Å². The topological polar surface area (TPSA) is 64.4 Å². The molecule has 2 rings (SSSR count). The van der Waals surface area contributed by atoms with Crippen LogP contribution in [0.4, 0.5) is 4.39 Å². The molecule has 1 amide bonds. The second-order valence-corrected chi connectivity index (χ2v) is 5.95. The first kappa shape index (κ1) is 20.9. The fourth-order valence-electron chi connectivity index (χ4n) is 2.28. The molecule has 0 heterocycles. The van der Waals surface area contributed by atoms with Crippen LogP contribution in [0.2, 0.25) is 0 Å². The molecular weight excluding hydrogens is 343 g/mol. The van der Waals surface area contributed by atoms with Gasteiger partial charge >= 0.3 is 0 Å². The Morgan fingerprint density at radius 3 is 2.28 bits per heavy atom. The predicted molar refractivity (Wildman–Crippen MR) is 99.2 cm³/mol. The van der Waals surface area contributed by atoms with E-state index in [0.717, 1.165) is 16.9 Å². The van der Waals surface area contributed by atoms with E-state index in [0.29, 0.717) is 13.0 Å². The first-order valence-electron chi connectivity index (χ1n) is 7.96. The molecule has 0 aromatic heterocycles. The molecule has 0 saturated heterocycles. The van der Waals surface area contributed by atoms with Crippen molar-refractivity contribution in [3.05, 3.63) is 65.5 Å². The highest BCUT2D eigenvalue weighted by atomic mass is 35.5. The Hall–Kier alpha value is -2.11. The molecule has 3 N–H and O–H groups in total. The van der Waals surface area contributed by atoms with Gasteiger partial charge in [0.2, 0.25) is 5.91 Å². The van der Waals surface area contributed by atoms with Gasteiger partial charge in [0.25, 0.3) is 0 Å². The summed E-state index contributed by atoms with van der Waals surface area (Å²) in [5, 5.41) is 2.91. The highest BCUT2D eigenvalue weighted by Gasteiger charge is 2.11. The number of hydrogen-bond acceptors (Lipinski definition) is 3. The van der Waals surface area contributed by atoms with Crippen LogP contribution in [-0.2, 0) is 11.4 Å². The molecule has 0 spiro atoms. The Balaban J connectivity index is 0.00000312. The summed E-state index contributed by atoms with van der Waals surface area (Å²) in [6.07, 6.45) is 0.309. The summed E-state index contributed by atoms with van der Waals surface area (Å²) in [5.74, 6) is 0.398. The van der Waals surface area contributed by atoms with E-state index in [-0.39, 0.29) is 36.2 Å². The second-order valence-electron chi connectivity index (χ2n) is 5.95. The van der Waals surface area contributed by atoms with Gasteiger partial charge in [-0.3, -0.25) is 4.79 Å². The average Bonchev–Trinajstić information content (AvgIpc) is 2.54. The minimum Gasteiger partial charge on any atom is -0.489 e. The maximum absolute atomic E-state index is 12.9. The van der Waals surface area contributed by atoms with Gasteiger partial charge in [0.1, 0.15) is 18.2 Å². The molecule has 0 saturated carbocycles. The zero-order valence-corrected chi connectivity index (χ0v) is 15.2. The van der Waals surface area contributed by atoms with E-state index in [1.807, 2.05) is 31.2 Å². The number of ether oxygens (including phenoxy) is 1. The van der Waals surface area contributed by atoms with Crippen molar-refractivity contribution in [3.8, 4) is 5.75 Å². The molecule has 0 radical (unpaired) electrons. The van der Waals surface area contributed by atoms with Crippen LogP contribution in [-0.4, -0.2) is 11.9 Å². The summed E-state index contributed by atoms with van der Waals surface area (Å²) < 4.78 is 18.5. The van der Waals surface area contributed by atoms with E-state index in [4.69, 9.17) is 10.5 Å². The van der Waals surface area contributed by atoms with E-state index in [2.05, 4.69) is 5.32 Å². The quantitative estimate of drug-likeness (QED) is 0.784. The van der Waals surface area contributed by atoms with Gasteiger partial charge in [-0.1, -0.05) is 24.3 Å². The van der Waals surface area contributed by atoms with Crippen molar-refractivity contribution in [1.82, 2.24) is 5.32 Å². The summed E-state index contributed by atoms with van der Waals surface area (Å²) in [7, 11) is 0. The highest BCUT2D eigenvalue weighted by molar-refractivity contribution is 5.85. The molecule has 0 fully saturated rings. The molecule has 136 valence electrons. The fraction of sp³-hybridized carbons (Fsp3) is 0.316. The lowest BCUT2D eigenvalue weighted by atomic mass is 10.1. The summed E-state index contributed by atoms with van der Waals surface area (Å²) in [4.78, 5) is 11.7. The normalized spacial score (nSPS) is 12.6.